The molecule has 0 unspecified atom stereocenters. The summed E-state index contributed by atoms with van der Waals surface area (Å²) in [6, 6.07) is -0.0963. The summed E-state index contributed by atoms with van der Waals surface area (Å²) in [5.41, 5.74) is 0. The van der Waals surface area contributed by atoms with Crippen molar-refractivity contribution in [3.63, 3.8) is 0 Å². The minimum absolute atomic E-state index is 0.0771. The van der Waals surface area contributed by atoms with E-state index in [9.17, 15) is 9.59 Å². The third-order valence-corrected chi connectivity index (χ3v) is 2.75. The third kappa shape index (κ3) is 5.53. The maximum atomic E-state index is 11.5. The highest BCUT2D eigenvalue weighted by Crippen LogP contribution is 2.07. The van der Waals surface area contributed by atoms with Crippen LogP contribution in [0.15, 0.2) is 0 Å². The van der Waals surface area contributed by atoms with Crippen molar-refractivity contribution in [1.29, 1.82) is 0 Å². The molecule has 1 rings (SSSR count). The number of esters is 1. The molecule has 0 atom stereocenters. The topological polar surface area (TPSA) is 70.7 Å². The first-order valence-electron chi connectivity index (χ1n) is 6.00. The van der Waals surface area contributed by atoms with E-state index in [0.29, 0.717) is 6.61 Å². The quantitative estimate of drug-likeness (QED) is 0.679. The van der Waals surface area contributed by atoms with E-state index >= 15 is 0 Å². The van der Waals surface area contributed by atoms with E-state index in [1.165, 1.54) is 0 Å². The first-order chi connectivity index (χ1) is 8.11. The molecule has 0 saturated carbocycles. The van der Waals surface area contributed by atoms with Gasteiger partial charge in [-0.15, -0.1) is 0 Å². The summed E-state index contributed by atoms with van der Waals surface area (Å²) < 4.78 is 4.71. The van der Waals surface area contributed by atoms with Crippen molar-refractivity contribution >= 4 is 12.0 Å². The summed E-state index contributed by atoms with van der Waals surface area (Å²) in [7, 11) is 2.07. The van der Waals surface area contributed by atoms with E-state index in [1.54, 1.807) is 6.92 Å². The number of likely N-dealkylation sites (tertiary alicyclic amines) is 1. The van der Waals surface area contributed by atoms with Gasteiger partial charge in [-0.25, -0.2) is 4.79 Å². The van der Waals surface area contributed by atoms with Gasteiger partial charge in [-0.3, -0.25) is 4.79 Å². The number of hydrogen-bond donors (Lipinski definition) is 2. The van der Waals surface area contributed by atoms with E-state index in [0.717, 1.165) is 25.9 Å². The summed E-state index contributed by atoms with van der Waals surface area (Å²) in [6.07, 6.45) is 1.90. The lowest BCUT2D eigenvalue weighted by Crippen LogP contribution is -2.48. The summed E-state index contributed by atoms with van der Waals surface area (Å²) >= 11 is 0. The Bertz CT molecular complexity index is 263. The van der Waals surface area contributed by atoms with Gasteiger partial charge in [0, 0.05) is 6.04 Å². The number of nitrogens with one attached hydrogen (secondary N) is 2. The molecule has 0 bridgehead atoms. The van der Waals surface area contributed by atoms with Crippen LogP contribution in [0.25, 0.3) is 0 Å². The summed E-state index contributed by atoms with van der Waals surface area (Å²) in [5.74, 6) is -0.411. The second kappa shape index (κ2) is 7.11. The van der Waals surface area contributed by atoms with Crippen LogP contribution in [0.1, 0.15) is 19.8 Å². The molecule has 6 heteroatoms. The van der Waals surface area contributed by atoms with Crippen molar-refractivity contribution < 1.29 is 14.3 Å². The van der Waals surface area contributed by atoms with Crippen LogP contribution in [0, 0.1) is 0 Å². The summed E-state index contributed by atoms with van der Waals surface area (Å²) in [6.45, 7) is 3.96. The number of urea groups is 1. The molecule has 1 heterocycles. The Morgan fingerprint density at radius 2 is 2.00 bits per heavy atom. The van der Waals surface area contributed by atoms with Gasteiger partial charge in [-0.2, -0.15) is 0 Å². The van der Waals surface area contributed by atoms with Gasteiger partial charge >= 0.3 is 12.0 Å². The van der Waals surface area contributed by atoms with Gasteiger partial charge in [0.15, 0.2) is 0 Å². The van der Waals surface area contributed by atoms with Gasteiger partial charge in [0.1, 0.15) is 6.54 Å². The zero-order valence-electron chi connectivity index (χ0n) is 10.5. The molecule has 98 valence electrons. The second-order valence-corrected chi connectivity index (χ2v) is 4.21. The second-order valence-electron chi connectivity index (χ2n) is 4.21. The van der Waals surface area contributed by atoms with Gasteiger partial charge in [-0.1, -0.05) is 0 Å². The monoisotopic (exact) mass is 243 g/mol. The SMILES string of the molecule is CCOC(=O)CNC(=O)NC1CCN(C)CC1. The van der Waals surface area contributed by atoms with E-state index in [1.807, 2.05) is 0 Å². The molecule has 17 heavy (non-hydrogen) atoms. The summed E-state index contributed by atoms with van der Waals surface area (Å²) in [5, 5.41) is 5.34. The van der Waals surface area contributed by atoms with Crippen molar-refractivity contribution in [2.24, 2.45) is 0 Å². The lowest BCUT2D eigenvalue weighted by molar-refractivity contribution is -0.141. The van der Waals surface area contributed by atoms with Gasteiger partial charge in [0.05, 0.1) is 6.61 Å². The molecule has 1 fully saturated rings. The van der Waals surface area contributed by atoms with E-state index in [-0.39, 0.29) is 18.6 Å². The third-order valence-electron chi connectivity index (χ3n) is 2.75. The molecule has 6 nitrogen and oxygen atoms in total. The molecule has 1 aliphatic rings. The minimum atomic E-state index is -0.411. The maximum Gasteiger partial charge on any atom is 0.325 e. The highest BCUT2D eigenvalue weighted by Gasteiger charge is 2.18. The van der Waals surface area contributed by atoms with Crippen LogP contribution >= 0.6 is 0 Å². The van der Waals surface area contributed by atoms with E-state index in [4.69, 9.17) is 4.74 Å². The van der Waals surface area contributed by atoms with Crippen molar-refractivity contribution in [3.05, 3.63) is 0 Å². The van der Waals surface area contributed by atoms with Gasteiger partial charge in [0.2, 0.25) is 0 Å². The molecular weight excluding hydrogens is 222 g/mol. The molecular formula is C11H21N3O3. The Balaban J connectivity index is 2.14. The molecule has 1 aliphatic heterocycles. The molecule has 2 amide bonds. The van der Waals surface area contributed by atoms with Gasteiger partial charge in [-0.05, 0) is 39.9 Å². The minimum Gasteiger partial charge on any atom is -0.465 e. The van der Waals surface area contributed by atoms with Crippen molar-refractivity contribution in [2.45, 2.75) is 25.8 Å². The largest absolute Gasteiger partial charge is 0.465 e. The van der Waals surface area contributed by atoms with Crippen LogP contribution < -0.4 is 10.6 Å². The van der Waals surface area contributed by atoms with E-state index < -0.39 is 5.97 Å². The van der Waals surface area contributed by atoms with Crippen molar-refractivity contribution in [2.75, 3.05) is 33.3 Å². The Kier molecular flexibility index (Phi) is 5.76. The predicted octanol–water partition coefficient (Wildman–Crippen LogP) is -0.0571. The molecule has 2 N–H and O–H groups in total. The van der Waals surface area contributed by atoms with Crippen LogP contribution in [0.4, 0.5) is 4.79 Å². The number of carbonyl (C=O) groups is 2. The standard InChI is InChI=1S/C11H21N3O3/c1-3-17-10(15)8-12-11(16)13-9-4-6-14(2)7-5-9/h9H,3-8H2,1-2H3,(H2,12,13,16). The van der Waals surface area contributed by atoms with Crippen LogP contribution in [0.3, 0.4) is 0 Å². The highest BCUT2D eigenvalue weighted by atomic mass is 16.5. The molecule has 0 aliphatic carbocycles. The molecule has 0 radical (unpaired) electrons. The van der Waals surface area contributed by atoms with Crippen LogP contribution in [-0.2, 0) is 9.53 Å². The highest BCUT2D eigenvalue weighted by molar-refractivity contribution is 5.80. The fraction of sp³-hybridized carbons (Fsp3) is 0.818. The number of hydrogen-bond acceptors (Lipinski definition) is 4. The normalized spacial score (nSPS) is 17.5. The number of carbonyl (C=O) groups excluding carboxylic acids is 2. The van der Waals surface area contributed by atoms with Crippen LogP contribution in [-0.4, -0.2) is 56.2 Å². The van der Waals surface area contributed by atoms with Crippen molar-refractivity contribution in [1.82, 2.24) is 15.5 Å². The van der Waals surface area contributed by atoms with Crippen LogP contribution in [0.2, 0.25) is 0 Å². The first kappa shape index (κ1) is 13.8. The predicted molar refractivity (Wildman–Crippen MR) is 63.7 cm³/mol. The van der Waals surface area contributed by atoms with Gasteiger partial charge in [0.25, 0.3) is 0 Å². The maximum absolute atomic E-state index is 11.5. The number of nitrogens with zero attached hydrogens (tertiary/aromatic N) is 1. The zero-order valence-corrected chi connectivity index (χ0v) is 10.5. The molecule has 0 spiro atoms. The number of ether oxygens (including phenoxy) is 1. The Labute approximate surface area is 102 Å². The summed E-state index contributed by atoms with van der Waals surface area (Å²) in [4.78, 5) is 24.7. The zero-order chi connectivity index (χ0) is 12.7. The molecule has 1 saturated heterocycles. The fourth-order valence-electron chi connectivity index (χ4n) is 1.75. The lowest BCUT2D eigenvalue weighted by Gasteiger charge is -2.29. The Hall–Kier alpha value is -1.30. The Morgan fingerprint density at radius 3 is 2.59 bits per heavy atom. The number of piperidine rings is 1. The molecule has 0 aromatic carbocycles. The molecule has 0 aromatic heterocycles. The van der Waals surface area contributed by atoms with E-state index in [2.05, 4.69) is 22.6 Å². The number of rotatable bonds is 4. The van der Waals surface area contributed by atoms with Gasteiger partial charge < -0.3 is 20.3 Å². The first-order valence-corrected chi connectivity index (χ1v) is 6.00. The number of amides is 2. The lowest BCUT2D eigenvalue weighted by atomic mass is 10.1. The fourth-order valence-corrected chi connectivity index (χ4v) is 1.75. The Morgan fingerprint density at radius 1 is 1.35 bits per heavy atom. The average Bonchev–Trinajstić information content (AvgIpc) is 2.30. The van der Waals surface area contributed by atoms with Crippen molar-refractivity contribution in [3.8, 4) is 0 Å². The molecule has 0 aromatic rings. The van der Waals surface area contributed by atoms with Crippen LogP contribution in [0.5, 0.6) is 0 Å². The smallest absolute Gasteiger partial charge is 0.325 e. The average molecular weight is 243 g/mol.